The lowest BCUT2D eigenvalue weighted by atomic mass is 10.1. The van der Waals surface area contributed by atoms with Crippen LogP contribution in [-0.4, -0.2) is 76.6 Å². The second kappa shape index (κ2) is 9.96. The lowest BCUT2D eigenvalue weighted by Gasteiger charge is -2.37. The average Bonchev–Trinajstić information content (AvgIpc) is 3.85. The molecule has 2 aliphatic carbocycles. The smallest absolute Gasteiger partial charge is 0.245 e. The molecule has 2 aromatic carbocycles. The van der Waals surface area contributed by atoms with Crippen LogP contribution in [0, 0.1) is 0 Å². The average molecular weight is 518 g/mol. The lowest BCUT2D eigenvalue weighted by molar-refractivity contribution is -0.123. The molecule has 1 saturated heterocycles. The number of anilines is 1. The molecule has 3 fully saturated rings. The van der Waals surface area contributed by atoms with Gasteiger partial charge in [0.25, 0.3) is 0 Å². The van der Waals surface area contributed by atoms with E-state index in [9.17, 15) is 9.59 Å². The molecule has 0 unspecified atom stereocenters. The van der Waals surface area contributed by atoms with Gasteiger partial charge in [-0.15, -0.1) is 10.2 Å². The second-order valence-corrected chi connectivity index (χ2v) is 11.3. The summed E-state index contributed by atoms with van der Waals surface area (Å²) in [5.41, 5.74) is 1.64. The first-order chi connectivity index (χ1) is 18.0. The van der Waals surface area contributed by atoms with E-state index in [0.717, 1.165) is 62.4 Å². The van der Waals surface area contributed by atoms with Crippen molar-refractivity contribution in [3.05, 3.63) is 59.1 Å². The van der Waals surface area contributed by atoms with E-state index >= 15 is 0 Å². The number of Topliss-reactive ketones (excluding diaryl/α,β-unsaturated/α-hetero) is 1. The van der Waals surface area contributed by atoms with Crippen molar-refractivity contribution in [3.63, 3.8) is 0 Å². The Hall–Kier alpha value is -3.14. The van der Waals surface area contributed by atoms with Crippen LogP contribution in [0.2, 0.25) is 0 Å². The maximum absolute atomic E-state index is 13.5. The van der Waals surface area contributed by atoms with E-state index in [1.165, 1.54) is 11.3 Å². The van der Waals surface area contributed by atoms with Crippen LogP contribution in [0.5, 0.6) is 5.75 Å². The van der Waals surface area contributed by atoms with E-state index < -0.39 is 5.54 Å². The van der Waals surface area contributed by atoms with Crippen LogP contribution in [0.1, 0.15) is 41.0 Å². The molecule has 9 heteroatoms. The van der Waals surface area contributed by atoms with E-state index in [-0.39, 0.29) is 24.2 Å². The molecule has 0 spiro atoms. The topological polar surface area (TPSA) is 87.7 Å². The molecule has 3 aromatic rings. The fraction of sp³-hybridized carbons (Fsp3) is 0.429. The molecule has 1 N–H and O–H groups in total. The molecule has 6 rings (SSSR count). The SMILES string of the molecule is CN1CCN(C2(C(=O)Nc3cc(C(=O)Cc4nnc(-c5ccccc5)s4)ccc3OC3CC3)CC2)CC1. The molecule has 192 valence electrons. The Morgan fingerprint density at radius 3 is 2.51 bits per heavy atom. The summed E-state index contributed by atoms with van der Waals surface area (Å²) in [6.07, 6.45) is 4.09. The van der Waals surface area contributed by atoms with Gasteiger partial charge >= 0.3 is 0 Å². The zero-order valence-electron chi connectivity index (χ0n) is 21.0. The molecule has 1 aromatic heterocycles. The van der Waals surface area contributed by atoms with Crippen molar-refractivity contribution in [2.75, 3.05) is 38.5 Å². The van der Waals surface area contributed by atoms with Crippen LogP contribution in [0.25, 0.3) is 10.6 Å². The van der Waals surface area contributed by atoms with Crippen molar-refractivity contribution in [1.82, 2.24) is 20.0 Å². The first-order valence-electron chi connectivity index (χ1n) is 13.0. The van der Waals surface area contributed by atoms with Crippen molar-refractivity contribution in [3.8, 4) is 16.3 Å². The van der Waals surface area contributed by atoms with Crippen LogP contribution in [-0.2, 0) is 11.2 Å². The number of amides is 1. The van der Waals surface area contributed by atoms with Gasteiger partial charge in [-0.1, -0.05) is 41.7 Å². The van der Waals surface area contributed by atoms with Crippen LogP contribution in [0.4, 0.5) is 5.69 Å². The van der Waals surface area contributed by atoms with E-state index in [4.69, 9.17) is 4.74 Å². The summed E-state index contributed by atoms with van der Waals surface area (Å²) in [6, 6.07) is 15.2. The predicted molar refractivity (Wildman–Crippen MR) is 143 cm³/mol. The van der Waals surface area contributed by atoms with Gasteiger partial charge in [-0.05, 0) is 50.9 Å². The first kappa shape index (κ1) is 24.2. The minimum atomic E-state index is -0.446. The maximum Gasteiger partial charge on any atom is 0.245 e. The number of likely N-dealkylation sites (N-methyl/N-ethyl adjacent to an activating group) is 1. The summed E-state index contributed by atoms with van der Waals surface area (Å²) in [6.45, 7) is 3.71. The molecule has 0 atom stereocenters. The summed E-state index contributed by atoms with van der Waals surface area (Å²) >= 11 is 1.42. The van der Waals surface area contributed by atoms with Crippen molar-refractivity contribution in [2.24, 2.45) is 0 Å². The van der Waals surface area contributed by atoms with Crippen LogP contribution in [0.15, 0.2) is 48.5 Å². The van der Waals surface area contributed by atoms with Crippen LogP contribution >= 0.6 is 11.3 Å². The van der Waals surface area contributed by atoms with E-state index in [1.54, 1.807) is 12.1 Å². The fourth-order valence-corrected chi connectivity index (χ4v) is 5.65. The van der Waals surface area contributed by atoms with Crippen LogP contribution < -0.4 is 10.1 Å². The van der Waals surface area contributed by atoms with Crippen molar-refractivity contribution in [2.45, 2.75) is 43.7 Å². The Labute approximate surface area is 220 Å². The van der Waals surface area contributed by atoms with Crippen molar-refractivity contribution in [1.29, 1.82) is 0 Å². The van der Waals surface area contributed by atoms with Crippen LogP contribution in [0.3, 0.4) is 0 Å². The minimum Gasteiger partial charge on any atom is -0.488 e. The van der Waals surface area contributed by atoms with Gasteiger partial charge in [0.15, 0.2) is 5.78 Å². The summed E-state index contributed by atoms with van der Waals surface area (Å²) in [5, 5.41) is 13.1. The van der Waals surface area contributed by atoms with E-state index in [2.05, 4.69) is 32.4 Å². The third kappa shape index (κ3) is 5.30. The number of aromatic nitrogens is 2. The third-order valence-electron chi connectivity index (χ3n) is 7.42. The molecule has 0 bridgehead atoms. The van der Waals surface area contributed by atoms with E-state index in [1.807, 2.05) is 36.4 Å². The quantitative estimate of drug-likeness (QED) is 0.431. The highest BCUT2D eigenvalue weighted by Crippen LogP contribution is 2.44. The van der Waals surface area contributed by atoms with Gasteiger partial charge in [0.05, 0.1) is 18.2 Å². The number of nitrogens with zero attached hydrogens (tertiary/aromatic N) is 4. The third-order valence-corrected chi connectivity index (χ3v) is 8.39. The van der Waals surface area contributed by atoms with E-state index in [0.29, 0.717) is 22.0 Å². The molecule has 8 nitrogen and oxygen atoms in total. The van der Waals surface area contributed by atoms with Gasteiger partial charge < -0.3 is 15.0 Å². The fourth-order valence-electron chi connectivity index (χ4n) is 4.81. The summed E-state index contributed by atoms with van der Waals surface area (Å²) in [5.74, 6) is 0.562. The Morgan fingerprint density at radius 2 is 1.81 bits per heavy atom. The zero-order valence-corrected chi connectivity index (χ0v) is 21.8. The number of ketones is 1. The molecular weight excluding hydrogens is 486 g/mol. The molecule has 0 radical (unpaired) electrons. The molecule has 37 heavy (non-hydrogen) atoms. The monoisotopic (exact) mass is 517 g/mol. The second-order valence-electron chi connectivity index (χ2n) is 10.3. The normalized spacial score (nSPS) is 19.4. The van der Waals surface area contributed by atoms with Gasteiger partial charge in [0.1, 0.15) is 21.3 Å². The number of benzene rings is 2. The summed E-state index contributed by atoms with van der Waals surface area (Å²) < 4.78 is 6.09. The Morgan fingerprint density at radius 1 is 1.05 bits per heavy atom. The van der Waals surface area contributed by atoms with Gasteiger partial charge in [0.2, 0.25) is 5.91 Å². The highest BCUT2D eigenvalue weighted by atomic mass is 32.1. The molecule has 1 aliphatic heterocycles. The number of ether oxygens (including phenoxy) is 1. The lowest BCUT2D eigenvalue weighted by Crippen LogP contribution is -2.54. The highest BCUT2D eigenvalue weighted by Gasteiger charge is 2.54. The molecule has 2 heterocycles. The number of carbonyl (C=O) groups is 2. The number of carbonyl (C=O) groups excluding carboxylic acids is 2. The Bertz CT molecular complexity index is 1290. The standard InChI is InChI=1S/C28H31N5O3S/c1-32-13-15-33(16-14-32)28(11-12-28)27(35)29-22-17-20(7-10-24(22)36-21-8-9-21)23(34)18-25-30-31-26(37-25)19-5-3-2-4-6-19/h2-7,10,17,21H,8-9,11-16,18H2,1H3,(H,29,35). The zero-order chi connectivity index (χ0) is 25.4. The Balaban J connectivity index is 1.19. The molecule has 2 saturated carbocycles. The van der Waals surface area contributed by atoms with Gasteiger partial charge in [-0.25, -0.2) is 0 Å². The summed E-state index contributed by atoms with van der Waals surface area (Å²) in [7, 11) is 2.12. The first-order valence-corrected chi connectivity index (χ1v) is 13.8. The summed E-state index contributed by atoms with van der Waals surface area (Å²) in [4.78, 5) is 31.3. The highest BCUT2D eigenvalue weighted by molar-refractivity contribution is 7.14. The molecule has 3 aliphatic rings. The number of nitrogens with one attached hydrogen (secondary N) is 1. The number of hydrogen-bond donors (Lipinski definition) is 1. The minimum absolute atomic E-state index is 0.000995. The van der Waals surface area contributed by atoms with Gasteiger partial charge in [-0.3, -0.25) is 14.5 Å². The molecule has 1 amide bonds. The number of piperazine rings is 1. The Kier molecular flexibility index (Phi) is 6.52. The van der Waals surface area contributed by atoms with Crippen molar-refractivity contribution >= 4 is 28.7 Å². The van der Waals surface area contributed by atoms with Gasteiger partial charge in [0, 0.05) is 37.3 Å². The number of hydrogen-bond acceptors (Lipinski definition) is 8. The largest absolute Gasteiger partial charge is 0.488 e. The predicted octanol–water partition coefficient (Wildman–Crippen LogP) is 3.89. The van der Waals surface area contributed by atoms with Gasteiger partial charge in [-0.2, -0.15) is 0 Å². The maximum atomic E-state index is 13.5. The molecular formula is C28H31N5O3S. The van der Waals surface area contributed by atoms with Crippen molar-refractivity contribution < 1.29 is 14.3 Å². The number of rotatable bonds is 9.